The maximum absolute atomic E-state index is 4.54. The van der Waals surface area contributed by atoms with E-state index in [-0.39, 0.29) is 0 Å². The molecule has 2 aromatic heterocycles. The van der Waals surface area contributed by atoms with E-state index in [1.54, 1.807) is 6.33 Å². The summed E-state index contributed by atoms with van der Waals surface area (Å²) in [7, 11) is 0. The fraction of sp³-hybridized carbons (Fsp3) is 0.316. The first kappa shape index (κ1) is 13.7. The van der Waals surface area contributed by atoms with Crippen molar-refractivity contribution in [3.05, 3.63) is 54.0 Å². The molecule has 24 heavy (non-hydrogen) atoms. The largest absolute Gasteiger partial charge is 0.366 e. The number of nitrogens with zero attached hydrogens (tertiary/aromatic N) is 4. The molecule has 0 unspecified atom stereocenters. The van der Waals surface area contributed by atoms with Gasteiger partial charge < -0.3 is 10.2 Å². The zero-order chi connectivity index (χ0) is 15.9. The molecule has 3 aromatic rings. The number of hydrogen-bond donors (Lipinski definition) is 1. The molecule has 5 nitrogen and oxygen atoms in total. The molecule has 1 saturated heterocycles. The molecule has 0 spiro atoms. The van der Waals surface area contributed by atoms with Gasteiger partial charge in [-0.2, -0.15) is 0 Å². The lowest BCUT2D eigenvalue weighted by molar-refractivity contribution is 0.610. The molecule has 1 aromatic carbocycles. The molecule has 5 rings (SSSR count). The number of pyridine rings is 1. The normalized spacial score (nSPS) is 16.9. The summed E-state index contributed by atoms with van der Waals surface area (Å²) in [6.45, 7) is 2.18. The molecule has 0 atom stereocenters. The van der Waals surface area contributed by atoms with Gasteiger partial charge in [-0.25, -0.2) is 15.0 Å². The fourth-order valence-electron chi connectivity index (χ4n) is 3.64. The van der Waals surface area contributed by atoms with Crippen molar-refractivity contribution in [1.29, 1.82) is 0 Å². The molecular formula is C19H19N5. The summed E-state index contributed by atoms with van der Waals surface area (Å²) < 4.78 is 0. The van der Waals surface area contributed by atoms with Crippen molar-refractivity contribution < 1.29 is 0 Å². The van der Waals surface area contributed by atoms with Gasteiger partial charge in [0.2, 0.25) is 0 Å². The Morgan fingerprint density at radius 3 is 2.50 bits per heavy atom. The number of rotatable bonds is 3. The Balaban J connectivity index is 1.46. The fourth-order valence-corrected chi connectivity index (χ4v) is 3.64. The van der Waals surface area contributed by atoms with Gasteiger partial charge in [-0.05, 0) is 36.5 Å². The first-order valence-corrected chi connectivity index (χ1v) is 8.56. The number of benzene rings is 1. The number of aromatic nitrogens is 3. The predicted molar refractivity (Wildman–Crippen MR) is 95.4 cm³/mol. The minimum absolute atomic E-state index is 0.390. The van der Waals surface area contributed by atoms with Crippen LogP contribution in [0, 0.1) is 0 Å². The number of fused-ring (bicyclic) bond motifs is 2. The first-order chi connectivity index (χ1) is 11.9. The van der Waals surface area contributed by atoms with Gasteiger partial charge in [-0.3, -0.25) is 0 Å². The summed E-state index contributed by atoms with van der Waals surface area (Å²) in [5.41, 5.74) is 3.78. The third-order valence-electron chi connectivity index (χ3n) is 5.08. The van der Waals surface area contributed by atoms with Gasteiger partial charge in [0, 0.05) is 24.5 Å². The average molecular weight is 317 g/mol. The third kappa shape index (κ3) is 2.28. The van der Waals surface area contributed by atoms with Crippen molar-refractivity contribution in [2.45, 2.75) is 25.3 Å². The van der Waals surface area contributed by atoms with Crippen LogP contribution in [0.3, 0.4) is 0 Å². The minimum atomic E-state index is 0.390. The Labute approximate surface area is 140 Å². The van der Waals surface area contributed by atoms with Gasteiger partial charge in [0.1, 0.15) is 18.0 Å². The van der Waals surface area contributed by atoms with Gasteiger partial charge in [0.05, 0.1) is 11.7 Å². The van der Waals surface area contributed by atoms with Gasteiger partial charge >= 0.3 is 0 Å². The predicted octanol–water partition coefficient (Wildman–Crippen LogP) is 2.81. The smallest absolute Gasteiger partial charge is 0.137 e. The van der Waals surface area contributed by atoms with Crippen molar-refractivity contribution in [3.63, 3.8) is 0 Å². The molecule has 0 amide bonds. The van der Waals surface area contributed by atoms with Crippen LogP contribution in [0.15, 0.2) is 42.9 Å². The van der Waals surface area contributed by atoms with Crippen molar-refractivity contribution in [3.8, 4) is 0 Å². The SMILES string of the molecule is c1ccc2c(c1)CC(Nc1ncnc3cnc(N4CCC4)cc13)C2. The van der Waals surface area contributed by atoms with Crippen LogP contribution in [0.2, 0.25) is 0 Å². The second kappa shape index (κ2) is 5.44. The van der Waals surface area contributed by atoms with E-state index in [4.69, 9.17) is 0 Å². The number of hydrogen-bond acceptors (Lipinski definition) is 5. The van der Waals surface area contributed by atoms with Gasteiger partial charge in [-0.1, -0.05) is 24.3 Å². The van der Waals surface area contributed by atoms with E-state index in [0.29, 0.717) is 6.04 Å². The van der Waals surface area contributed by atoms with E-state index in [1.807, 2.05) is 6.20 Å². The highest BCUT2D eigenvalue weighted by atomic mass is 15.2. The molecule has 5 heteroatoms. The van der Waals surface area contributed by atoms with E-state index in [0.717, 1.165) is 48.5 Å². The number of anilines is 2. The topological polar surface area (TPSA) is 53.9 Å². The molecule has 1 aliphatic heterocycles. The molecule has 0 radical (unpaired) electrons. The molecule has 0 saturated carbocycles. The van der Waals surface area contributed by atoms with Gasteiger partial charge in [0.25, 0.3) is 0 Å². The molecule has 120 valence electrons. The monoisotopic (exact) mass is 317 g/mol. The lowest BCUT2D eigenvalue weighted by Gasteiger charge is -2.32. The lowest BCUT2D eigenvalue weighted by atomic mass is 10.1. The maximum Gasteiger partial charge on any atom is 0.137 e. The van der Waals surface area contributed by atoms with Gasteiger partial charge in [0.15, 0.2) is 0 Å². The Morgan fingerprint density at radius 2 is 1.79 bits per heavy atom. The average Bonchev–Trinajstić information content (AvgIpc) is 2.96. The van der Waals surface area contributed by atoms with E-state index in [9.17, 15) is 0 Å². The summed E-state index contributed by atoms with van der Waals surface area (Å²) >= 11 is 0. The molecule has 1 fully saturated rings. The highest BCUT2D eigenvalue weighted by Gasteiger charge is 2.22. The quantitative estimate of drug-likeness (QED) is 0.805. The highest BCUT2D eigenvalue weighted by molar-refractivity contribution is 5.90. The van der Waals surface area contributed by atoms with E-state index < -0.39 is 0 Å². The summed E-state index contributed by atoms with van der Waals surface area (Å²) in [5.74, 6) is 1.95. The number of nitrogens with one attached hydrogen (secondary N) is 1. The zero-order valence-electron chi connectivity index (χ0n) is 13.4. The zero-order valence-corrected chi connectivity index (χ0v) is 13.4. The molecule has 0 bridgehead atoms. The van der Waals surface area contributed by atoms with Crippen molar-refractivity contribution in [2.24, 2.45) is 0 Å². The second-order valence-electron chi connectivity index (χ2n) is 6.64. The van der Waals surface area contributed by atoms with Crippen molar-refractivity contribution >= 4 is 22.5 Å². The highest BCUT2D eigenvalue weighted by Crippen LogP contribution is 2.28. The molecule has 1 aliphatic carbocycles. The Kier molecular flexibility index (Phi) is 3.11. The maximum atomic E-state index is 4.54. The van der Waals surface area contributed by atoms with Crippen molar-refractivity contribution in [2.75, 3.05) is 23.3 Å². The lowest BCUT2D eigenvalue weighted by Crippen LogP contribution is -2.37. The van der Waals surface area contributed by atoms with E-state index in [1.165, 1.54) is 17.5 Å². The third-order valence-corrected chi connectivity index (χ3v) is 5.08. The van der Waals surface area contributed by atoms with Crippen molar-refractivity contribution in [1.82, 2.24) is 15.0 Å². The first-order valence-electron chi connectivity index (χ1n) is 8.56. The Hall–Kier alpha value is -2.69. The molecule has 2 aliphatic rings. The van der Waals surface area contributed by atoms with Crippen LogP contribution < -0.4 is 10.2 Å². The van der Waals surface area contributed by atoms with Crippen LogP contribution in [0.25, 0.3) is 10.9 Å². The van der Waals surface area contributed by atoms with Crippen LogP contribution in [0.1, 0.15) is 17.5 Å². The molecular weight excluding hydrogens is 298 g/mol. The van der Waals surface area contributed by atoms with Crippen LogP contribution >= 0.6 is 0 Å². The van der Waals surface area contributed by atoms with Crippen LogP contribution in [0.4, 0.5) is 11.6 Å². The van der Waals surface area contributed by atoms with E-state index >= 15 is 0 Å². The minimum Gasteiger partial charge on any atom is -0.366 e. The molecule has 3 heterocycles. The molecule has 1 N–H and O–H groups in total. The van der Waals surface area contributed by atoms with Crippen LogP contribution in [-0.2, 0) is 12.8 Å². The Bertz CT molecular complexity index is 878. The van der Waals surface area contributed by atoms with Gasteiger partial charge in [-0.15, -0.1) is 0 Å². The van der Waals surface area contributed by atoms with E-state index in [2.05, 4.69) is 55.5 Å². The summed E-state index contributed by atoms with van der Waals surface area (Å²) in [6, 6.07) is 11.2. The standard InChI is InChI=1S/C19H19N5/c1-2-5-14-9-15(8-13(14)4-1)23-19-16-10-18(24-6-3-7-24)20-11-17(16)21-12-22-19/h1-2,4-5,10-12,15H,3,6-9H2,(H,21,22,23). The summed E-state index contributed by atoms with van der Waals surface area (Å²) in [6.07, 6.45) is 6.82. The summed E-state index contributed by atoms with van der Waals surface area (Å²) in [5, 5.41) is 4.70. The summed E-state index contributed by atoms with van der Waals surface area (Å²) in [4.78, 5) is 15.7. The second-order valence-corrected chi connectivity index (χ2v) is 6.64. The Morgan fingerprint density at radius 1 is 1.00 bits per heavy atom. The van der Waals surface area contributed by atoms with Crippen LogP contribution in [0.5, 0.6) is 0 Å². The van der Waals surface area contributed by atoms with Crippen LogP contribution in [-0.4, -0.2) is 34.1 Å².